The van der Waals surface area contributed by atoms with Crippen LogP contribution in [-0.2, 0) is 6.42 Å². The Labute approximate surface area is 120 Å². The van der Waals surface area contributed by atoms with Crippen molar-refractivity contribution in [2.75, 3.05) is 5.75 Å². The van der Waals surface area contributed by atoms with E-state index in [0.29, 0.717) is 34.6 Å². The Hall–Kier alpha value is -1.81. The van der Waals surface area contributed by atoms with Gasteiger partial charge in [-0.2, -0.15) is 22.0 Å². The van der Waals surface area contributed by atoms with Crippen LogP contribution in [0.25, 0.3) is 0 Å². The quantitative estimate of drug-likeness (QED) is 0.858. The van der Waals surface area contributed by atoms with Crippen LogP contribution in [0.15, 0.2) is 9.05 Å². The molecule has 7 heteroatoms. The van der Waals surface area contributed by atoms with E-state index in [0.717, 1.165) is 18.0 Å². The van der Waals surface area contributed by atoms with Gasteiger partial charge >= 0.3 is 0 Å². The molecule has 2 aromatic rings. The van der Waals surface area contributed by atoms with Crippen LogP contribution in [0.3, 0.4) is 0 Å². The van der Waals surface area contributed by atoms with Crippen molar-refractivity contribution in [2.24, 2.45) is 0 Å². The third-order valence-electron chi connectivity index (χ3n) is 3.32. The molecule has 0 aliphatic carbocycles. The third-order valence-corrected chi connectivity index (χ3v) is 4.69. The van der Waals surface area contributed by atoms with E-state index in [-0.39, 0.29) is 0 Å². The summed E-state index contributed by atoms with van der Waals surface area (Å²) in [6.45, 7) is 1.72. The summed E-state index contributed by atoms with van der Waals surface area (Å²) in [5.41, 5.74) is 1.01. The number of hydrogen-bond donors (Lipinski definition) is 0. The maximum Gasteiger partial charge on any atom is 0.232 e. The van der Waals surface area contributed by atoms with Crippen LogP contribution in [0, 0.1) is 18.3 Å². The Morgan fingerprint density at radius 3 is 3.00 bits per heavy atom. The monoisotopic (exact) mass is 290 g/mol. The molecule has 2 aromatic heterocycles. The molecule has 3 heterocycles. The van der Waals surface area contributed by atoms with Gasteiger partial charge in [0.2, 0.25) is 5.89 Å². The van der Waals surface area contributed by atoms with Gasteiger partial charge in [0.25, 0.3) is 0 Å². The van der Waals surface area contributed by atoms with Crippen molar-refractivity contribution >= 4 is 11.8 Å². The second kappa shape index (κ2) is 5.67. The van der Waals surface area contributed by atoms with Gasteiger partial charge < -0.3 is 9.05 Å². The summed E-state index contributed by atoms with van der Waals surface area (Å²) in [5.74, 6) is 2.90. The first kappa shape index (κ1) is 13.2. The Kier molecular flexibility index (Phi) is 3.74. The minimum Gasteiger partial charge on any atom is -0.360 e. The molecule has 6 nitrogen and oxygen atoms in total. The molecule has 0 amide bonds. The second-order valence-corrected chi connectivity index (χ2v) is 6.06. The summed E-state index contributed by atoms with van der Waals surface area (Å²) in [7, 11) is 0. The highest BCUT2D eigenvalue weighted by Crippen LogP contribution is 2.36. The Bertz CT molecular complexity index is 637. The molecule has 0 aromatic carbocycles. The van der Waals surface area contributed by atoms with E-state index in [1.165, 1.54) is 12.8 Å². The molecule has 1 fully saturated rings. The van der Waals surface area contributed by atoms with Crippen LogP contribution < -0.4 is 0 Å². The lowest BCUT2D eigenvalue weighted by Gasteiger charge is -2.17. The minimum absolute atomic E-state index is 0.329. The summed E-state index contributed by atoms with van der Waals surface area (Å²) in [4.78, 5) is 4.42. The van der Waals surface area contributed by atoms with Gasteiger partial charge in [0.15, 0.2) is 11.6 Å². The van der Waals surface area contributed by atoms with Crippen LogP contribution >= 0.6 is 11.8 Å². The molecule has 20 heavy (non-hydrogen) atoms. The fourth-order valence-corrected chi connectivity index (χ4v) is 3.47. The highest BCUT2D eigenvalue weighted by molar-refractivity contribution is 7.99. The van der Waals surface area contributed by atoms with E-state index < -0.39 is 0 Å². The smallest absolute Gasteiger partial charge is 0.232 e. The maximum atomic E-state index is 9.06. The molecule has 1 atom stereocenters. The van der Waals surface area contributed by atoms with E-state index >= 15 is 0 Å². The molecule has 3 rings (SSSR count). The summed E-state index contributed by atoms with van der Waals surface area (Å²) in [6.07, 6.45) is 3.90. The Morgan fingerprint density at radius 1 is 1.35 bits per heavy atom. The number of thioether (sulfide) groups is 1. The number of aryl methyl sites for hydroxylation is 1. The molecule has 0 bridgehead atoms. The van der Waals surface area contributed by atoms with Gasteiger partial charge in [0, 0.05) is 0 Å². The van der Waals surface area contributed by atoms with Gasteiger partial charge in [-0.3, -0.25) is 0 Å². The number of aromatic nitrogens is 3. The van der Waals surface area contributed by atoms with Crippen molar-refractivity contribution in [3.8, 4) is 6.07 Å². The fourth-order valence-electron chi connectivity index (χ4n) is 2.24. The first-order valence-electron chi connectivity index (χ1n) is 6.57. The Morgan fingerprint density at radius 2 is 2.25 bits per heavy atom. The lowest BCUT2D eigenvalue weighted by Crippen LogP contribution is -2.04. The largest absolute Gasteiger partial charge is 0.360 e. The summed E-state index contributed by atoms with van der Waals surface area (Å²) < 4.78 is 10.3. The molecular formula is C13H14N4O2S. The van der Waals surface area contributed by atoms with Crippen LogP contribution in [-0.4, -0.2) is 21.1 Å². The van der Waals surface area contributed by atoms with E-state index in [9.17, 15) is 0 Å². The lowest BCUT2D eigenvalue weighted by atomic mass is 10.1. The summed E-state index contributed by atoms with van der Waals surface area (Å²) in [5, 5.41) is 17.3. The fraction of sp³-hybridized carbons (Fsp3) is 0.538. The number of rotatable bonds is 3. The van der Waals surface area contributed by atoms with Crippen LogP contribution in [0.2, 0.25) is 0 Å². The zero-order valence-corrected chi connectivity index (χ0v) is 11.9. The van der Waals surface area contributed by atoms with Gasteiger partial charge in [-0.25, -0.2) is 0 Å². The van der Waals surface area contributed by atoms with Gasteiger partial charge in [-0.1, -0.05) is 16.7 Å². The number of hydrogen-bond acceptors (Lipinski definition) is 7. The zero-order valence-electron chi connectivity index (χ0n) is 11.1. The van der Waals surface area contributed by atoms with Crippen molar-refractivity contribution in [3.05, 3.63) is 28.7 Å². The molecule has 1 unspecified atom stereocenters. The average Bonchev–Trinajstić information content (AvgIpc) is 3.08. The van der Waals surface area contributed by atoms with Crippen LogP contribution in [0.1, 0.15) is 53.2 Å². The van der Waals surface area contributed by atoms with Crippen molar-refractivity contribution in [1.29, 1.82) is 5.26 Å². The van der Waals surface area contributed by atoms with Crippen molar-refractivity contribution < 1.29 is 9.05 Å². The van der Waals surface area contributed by atoms with E-state index in [1.54, 1.807) is 6.92 Å². The third kappa shape index (κ3) is 2.56. The molecule has 0 N–H and O–H groups in total. The molecule has 1 aliphatic heterocycles. The van der Waals surface area contributed by atoms with E-state index in [1.807, 2.05) is 11.8 Å². The van der Waals surface area contributed by atoms with Crippen LogP contribution in [0.4, 0.5) is 0 Å². The van der Waals surface area contributed by atoms with E-state index in [2.05, 4.69) is 21.4 Å². The second-order valence-electron chi connectivity index (χ2n) is 4.75. The average molecular weight is 290 g/mol. The van der Waals surface area contributed by atoms with Gasteiger partial charge in [-0.15, -0.1) is 0 Å². The zero-order chi connectivity index (χ0) is 13.9. The van der Waals surface area contributed by atoms with Crippen molar-refractivity contribution in [2.45, 2.75) is 37.9 Å². The molecule has 0 spiro atoms. The normalized spacial score (nSPS) is 18.9. The predicted molar refractivity (Wildman–Crippen MR) is 72.1 cm³/mol. The standard InChI is InChI=1S/C13H14N4O2S/c1-8-9(7-14)10(16-18-8)6-12-15-13(17-19-12)11-4-2-3-5-20-11/h11H,2-6H2,1H3. The highest BCUT2D eigenvalue weighted by Gasteiger charge is 2.22. The topological polar surface area (TPSA) is 88.7 Å². The highest BCUT2D eigenvalue weighted by atomic mass is 32.2. The maximum absolute atomic E-state index is 9.06. The molecule has 0 saturated carbocycles. The Balaban J connectivity index is 1.75. The lowest BCUT2D eigenvalue weighted by molar-refractivity contribution is 0.367. The summed E-state index contributed by atoms with van der Waals surface area (Å²) >= 11 is 1.88. The molecule has 0 radical (unpaired) electrons. The minimum atomic E-state index is 0.329. The van der Waals surface area contributed by atoms with Crippen molar-refractivity contribution in [1.82, 2.24) is 15.3 Å². The molecular weight excluding hydrogens is 276 g/mol. The van der Waals surface area contributed by atoms with Gasteiger partial charge in [-0.05, 0) is 25.5 Å². The SMILES string of the molecule is Cc1onc(Cc2nc(C3CCCCS3)no2)c1C#N. The van der Waals surface area contributed by atoms with Crippen LogP contribution in [0.5, 0.6) is 0 Å². The number of nitrogens with zero attached hydrogens (tertiary/aromatic N) is 4. The number of nitriles is 1. The van der Waals surface area contributed by atoms with E-state index in [4.69, 9.17) is 14.3 Å². The molecule has 1 aliphatic rings. The first-order chi connectivity index (χ1) is 9.78. The van der Waals surface area contributed by atoms with Crippen molar-refractivity contribution in [3.63, 3.8) is 0 Å². The molecule has 1 saturated heterocycles. The van der Waals surface area contributed by atoms with Gasteiger partial charge in [0.05, 0.1) is 11.7 Å². The first-order valence-corrected chi connectivity index (χ1v) is 7.62. The predicted octanol–water partition coefficient (Wildman–Crippen LogP) is 2.79. The molecule has 104 valence electrons. The summed E-state index contributed by atoms with van der Waals surface area (Å²) in [6, 6.07) is 2.08. The van der Waals surface area contributed by atoms with Gasteiger partial charge in [0.1, 0.15) is 17.3 Å².